The quantitative estimate of drug-likeness (QED) is 0.749. The van der Waals surface area contributed by atoms with E-state index >= 15 is 0 Å². The SMILES string of the molecule is COc1cc(C)c(S(=O)(=O)N(C)CC2=Nc3c(CC(=O)O)cccc3C2)c(C)c1. The smallest absolute Gasteiger partial charge is 0.307 e. The highest BCUT2D eigenvalue weighted by molar-refractivity contribution is 7.89. The van der Waals surface area contributed by atoms with E-state index < -0.39 is 16.0 Å². The lowest BCUT2D eigenvalue weighted by molar-refractivity contribution is -0.136. The second kappa shape index (κ2) is 7.96. The summed E-state index contributed by atoms with van der Waals surface area (Å²) in [4.78, 5) is 15.9. The monoisotopic (exact) mass is 416 g/mol. The molecule has 8 heteroatoms. The number of carboxylic acid groups (broad SMARTS) is 1. The molecule has 0 fully saturated rings. The Kier molecular flexibility index (Phi) is 5.77. The van der Waals surface area contributed by atoms with Crippen LogP contribution in [0.5, 0.6) is 5.75 Å². The van der Waals surface area contributed by atoms with Crippen LogP contribution in [-0.2, 0) is 27.7 Å². The molecule has 0 aromatic heterocycles. The molecule has 0 bridgehead atoms. The van der Waals surface area contributed by atoms with Gasteiger partial charge in [-0.3, -0.25) is 9.79 Å². The van der Waals surface area contributed by atoms with Gasteiger partial charge in [-0.25, -0.2) is 8.42 Å². The highest BCUT2D eigenvalue weighted by Gasteiger charge is 2.28. The number of carbonyl (C=O) groups is 1. The van der Waals surface area contributed by atoms with Gasteiger partial charge in [-0.05, 0) is 48.2 Å². The minimum absolute atomic E-state index is 0.113. The maximum absolute atomic E-state index is 13.2. The molecule has 0 saturated carbocycles. The first-order valence-corrected chi connectivity index (χ1v) is 10.6. The Balaban J connectivity index is 1.87. The molecular weight excluding hydrogens is 392 g/mol. The van der Waals surface area contributed by atoms with Crippen LogP contribution in [0, 0.1) is 13.8 Å². The van der Waals surface area contributed by atoms with Crippen molar-refractivity contribution in [1.82, 2.24) is 4.31 Å². The minimum Gasteiger partial charge on any atom is -0.497 e. The number of aliphatic carboxylic acids is 1. The Morgan fingerprint density at radius 2 is 1.90 bits per heavy atom. The zero-order valence-corrected chi connectivity index (χ0v) is 17.7. The summed E-state index contributed by atoms with van der Waals surface area (Å²) in [5.41, 5.74) is 4.13. The van der Waals surface area contributed by atoms with Crippen LogP contribution in [0.1, 0.15) is 22.3 Å². The molecule has 0 atom stereocenters. The molecular formula is C21H24N2O5S. The largest absolute Gasteiger partial charge is 0.497 e. The van der Waals surface area contributed by atoms with Gasteiger partial charge in [-0.2, -0.15) is 4.31 Å². The molecule has 0 unspecified atom stereocenters. The molecule has 2 aromatic rings. The standard InChI is InChI=1S/C21H24N2O5S/c1-13-8-18(28-4)9-14(2)21(13)29(26,27)23(3)12-17-10-15-6-5-7-16(11-19(24)25)20(15)22-17/h5-9H,10-12H2,1-4H3,(H,24,25). The van der Waals surface area contributed by atoms with Crippen molar-refractivity contribution in [2.24, 2.45) is 4.99 Å². The molecule has 7 nitrogen and oxygen atoms in total. The van der Waals surface area contributed by atoms with Gasteiger partial charge in [0.25, 0.3) is 0 Å². The van der Waals surface area contributed by atoms with E-state index in [9.17, 15) is 13.2 Å². The molecule has 0 spiro atoms. The van der Waals surface area contributed by atoms with Gasteiger partial charge < -0.3 is 9.84 Å². The highest BCUT2D eigenvalue weighted by atomic mass is 32.2. The number of benzene rings is 2. The van der Waals surface area contributed by atoms with Crippen LogP contribution in [0.2, 0.25) is 0 Å². The first-order chi connectivity index (χ1) is 13.6. The number of methoxy groups -OCH3 is 1. The van der Waals surface area contributed by atoms with Crippen molar-refractivity contribution in [2.75, 3.05) is 20.7 Å². The average molecular weight is 416 g/mol. The normalized spacial score (nSPS) is 13.3. The molecule has 154 valence electrons. The van der Waals surface area contributed by atoms with Gasteiger partial charge in [0.05, 0.1) is 30.7 Å². The maximum Gasteiger partial charge on any atom is 0.307 e. The van der Waals surface area contributed by atoms with E-state index in [4.69, 9.17) is 9.84 Å². The van der Waals surface area contributed by atoms with Gasteiger partial charge in [-0.1, -0.05) is 18.2 Å². The van der Waals surface area contributed by atoms with Crippen LogP contribution < -0.4 is 4.74 Å². The van der Waals surface area contributed by atoms with Crippen molar-refractivity contribution < 1.29 is 23.1 Å². The Hall–Kier alpha value is -2.71. The Morgan fingerprint density at radius 3 is 2.48 bits per heavy atom. The second-order valence-corrected chi connectivity index (χ2v) is 9.18. The fraction of sp³-hybridized carbons (Fsp3) is 0.333. The fourth-order valence-corrected chi connectivity index (χ4v) is 5.24. The van der Waals surface area contributed by atoms with Crippen LogP contribution in [0.15, 0.2) is 40.2 Å². The summed E-state index contributed by atoms with van der Waals surface area (Å²) in [7, 11) is -0.652. The third kappa shape index (κ3) is 4.18. The first-order valence-electron chi connectivity index (χ1n) is 9.14. The van der Waals surface area contributed by atoms with Crippen LogP contribution in [-0.4, -0.2) is 50.2 Å². The van der Waals surface area contributed by atoms with Gasteiger partial charge in [0, 0.05) is 19.2 Å². The number of aliphatic imine (C=N–C) groups is 1. The molecule has 29 heavy (non-hydrogen) atoms. The van der Waals surface area contributed by atoms with E-state index in [0.717, 1.165) is 5.56 Å². The number of hydrogen-bond donors (Lipinski definition) is 1. The van der Waals surface area contributed by atoms with Crippen molar-refractivity contribution in [3.8, 4) is 5.75 Å². The van der Waals surface area contributed by atoms with Crippen LogP contribution >= 0.6 is 0 Å². The summed E-state index contributed by atoms with van der Waals surface area (Å²) >= 11 is 0. The van der Waals surface area contributed by atoms with Crippen molar-refractivity contribution in [2.45, 2.75) is 31.6 Å². The molecule has 3 rings (SSSR count). The Morgan fingerprint density at radius 1 is 1.24 bits per heavy atom. The van der Waals surface area contributed by atoms with Crippen LogP contribution in [0.3, 0.4) is 0 Å². The number of aryl methyl sites for hydroxylation is 2. The average Bonchev–Trinajstić information content (AvgIpc) is 3.03. The summed E-state index contributed by atoms with van der Waals surface area (Å²) in [5.74, 6) is -0.310. The fourth-order valence-electron chi connectivity index (χ4n) is 3.68. The molecule has 0 amide bonds. The third-order valence-electron chi connectivity index (χ3n) is 4.95. The molecule has 1 aliphatic rings. The van der Waals surface area contributed by atoms with Gasteiger partial charge in [0.15, 0.2) is 0 Å². The van der Waals surface area contributed by atoms with Crippen molar-refractivity contribution in [3.05, 3.63) is 52.6 Å². The van der Waals surface area contributed by atoms with Gasteiger partial charge >= 0.3 is 5.97 Å². The van der Waals surface area contributed by atoms with Gasteiger partial charge in [0.1, 0.15) is 5.75 Å². The summed E-state index contributed by atoms with van der Waals surface area (Å²) in [6, 6.07) is 8.84. The van der Waals surface area contributed by atoms with E-state index in [1.165, 1.54) is 11.4 Å². The summed E-state index contributed by atoms with van der Waals surface area (Å²) in [6.07, 6.45) is 0.390. The molecule has 0 aliphatic carbocycles. The van der Waals surface area contributed by atoms with Gasteiger partial charge in [0.2, 0.25) is 10.0 Å². The zero-order chi connectivity index (χ0) is 21.3. The predicted molar refractivity (Wildman–Crippen MR) is 111 cm³/mol. The van der Waals surface area contributed by atoms with E-state index in [1.807, 2.05) is 6.07 Å². The molecule has 1 heterocycles. The zero-order valence-electron chi connectivity index (χ0n) is 16.9. The van der Waals surface area contributed by atoms with Crippen LogP contribution in [0.4, 0.5) is 5.69 Å². The van der Waals surface area contributed by atoms with E-state index in [2.05, 4.69) is 4.99 Å². The molecule has 2 aromatic carbocycles. The number of nitrogens with zero attached hydrogens (tertiary/aromatic N) is 2. The number of rotatable bonds is 7. The van der Waals surface area contributed by atoms with Crippen molar-refractivity contribution in [1.29, 1.82) is 0 Å². The van der Waals surface area contributed by atoms with Crippen molar-refractivity contribution >= 4 is 27.4 Å². The summed E-state index contributed by atoms with van der Waals surface area (Å²) in [5, 5.41) is 9.09. The number of carboxylic acids is 1. The second-order valence-electron chi connectivity index (χ2n) is 7.20. The summed E-state index contributed by atoms with van der Waals surface area (Å²) < 4.78 is 32.9. The lowest BCUT2D eigenvalue weighted by Crippen LogP contribution is -2.33. The molecule has 0 radical (unpaired) electrons. The highest BCUT2D eigenvalue weighted by Crippen LogP contribution is 2.32. The first kappa shape index (κ1) is 21.0. The number of ether oxygens (including phenoxy) is 1. The Labute approximate surface area is 170 Å². The number of sulfonamides is 1. The van der Waals surface area contributed by atoms with Gasteiger partial charge in [-0.15, -0.1) is 0 Å². The number of hydrogen-bond acceptors (Lipinski definition) is 5. The lowest BCUT2D eigenvalue weighted by atomic mass is 10.0. The third-order valence-corrected chi connectivity index (χ3v) is 7.06. The maximum atomic E-state index is 13.2. The number of para-hydroxylation sites is 1. The molecule has 0 saturated heterocycles. The number of fused-ring (bicyclic) bond motifs is 1. The van der Waals surface area contributed by atoms with E-state index in [-0.39, 0.29) is 17.9 Å². The summed E-state index contributed by atoms with van der Waals surface area (Å²) in [6.45, 7) is 3.63. The lowest BCUT2D eigenvalue weighted by Gasteiger charge is -2.20. The van der Waals surface area contributed by atoms with Crippen LogP contribution in [0.25, 0.3) is 0 Å². The Bertz CT molecular complexity index is 1080. The van der Waals surface area contributed by atoms with Crippen molar-refractivity contribution in [3.63, 3.8) is 0 Å². The predicted octanol–water partition coefficient (Wildman–Crippen LogP) is 2.89. The molecule has 1 aliphatic heterocycles. The minimum atomic E-state index is -3.73. The van der Waals surface area contributed by atoms with E-state index in [1.54, 1.807) is 45.2 Å². The topological polar surface area (TPSA) is 96.3 Å². The molecule has 1 N–H and O–H groups in total. The van der Waals surface area contributed by atoms with E-state index in [0.29, 0.717) is 40.3 Å².